The van der Waals surface area contributed by atoms with Gasteiger partial charge in [0, 0.05) is 6.07 Å². The van der Waals surface area contributed by atoms with E-state index in [1.807, 2.05) is 12.1 Å². The Kier molecular flexibility index (Phi) is 3.20. The van der Waals surface area contributed by atoms with Gasteiger partial charge in [-0.25, -0.2) is 9.47 Å². The van der Waals surface area contributed by atoms with E-state index in [4.69, 9.17) is 0 Å². The molecule has 0 N–H and O–H groups in total. The number of pyridine rings is 1. The molecular formula is C14H17N2+. The van der Waals surface area contributed by atoms with Gasteiger partial charge in [0.05, 0.1) is 19.8 Å². The third-order valence-electron chi connectivity index (χ3n) is 2.69. The summed E-state index contributed by atoms with van der Waals surface area (Å²) < 4.78 is 2.14. The highest BCUT2D eigenvalue weighted by atomic mass is 15.2. The zero-order valence-electron chi connectivity index (χ0n) is 9.80. The third kappa shape index (κ3) is 2.06. The van der Waals surface area contributed by atoms with Crippen LogP contribution in [-0.4, -0.2) is 6.54 Å². The molecule has 1 aromatic carbocycles. The highest BCUT2D eigenvalue weighted by Crippen LogP contribution is 2.20. The predicted octanol–water partition coefficient (Wildman–Crippen LogP) is 2.67. The molecule has 0 fully saturated rings. The normalized spacial score (nSPS) is 10.1. The van der Waals surface area contributed by atoms with Gasteiger partial charge in [-0.05, 0) is 25.1 Å². The Morgan fingerprint density at radius 3 is 2.31 bits per heavy atom. The van der Waals surface area contributed by atoms with Crippen LogP contribution in [0.3, 0.4) is 0 Å². The molecule has 0 bridgehead atoms. The molecule has 16 heavy (non-hydrogen) atoms. The molecule has 1 heterocycles. The molecule has 1 aromatic heterocycles. The summed E-state index contributed by atoms with van der Waals surface area (Å²) in [4.78, 5) is 2.29. The molecule has 0 saturated heterocycles. The first-order chi connectivity index (χ1) is 7.83. The second kappa shape index (κ2) is 4.79. The first-order valence-corrected chi connectivity index (χ1v) is 5.60. The first kappa shape index (κ1) is 10.7. The fourth-order valence-corrected chi connectivity index (χ4v) is 1.88. The molecule has 82 valence electrons. The molecule has 0 spiro atoms. The summed E-state index contributed by atoms with van der Waals surface area (Å²) in [6.45, 7) is 3.13. The van der Waals surface area contributed by atoms with Gasteiger partial charge in [-0.15, -0.1) is 0 Å². The molecule has 2 rings (SSSR count). The van der Waals surface area contributed by atoms with Crippen molar-refractivity contribution in [3.63, 3.8) is 0 Å². The number of nitrogens with zero attached hydrogens (tertiary/aromatic N) is 2. The second-order valence-electron chi connectivity index (χ2n) is 3.75. The number of anilines is 2. The maximum Gasteiger partial charge on any atom is 0.281 e. The quantitative estimate of drug-likeness (QED) is 0.711. The number of hydrogen-bond acceptors (Lipinski definition) is 1. The molecule has 0 amide bonds. The van der Waals surface area contributed by atoms with E-state index in [0.29, 0.717) is 0 Å². The zero-order valence-corrected chi connectivity index (χ0v) is 9.80. The lowest BCUT2D eigenvalue weighted by Crippen LogP contribution is -2.36. The number of hydrogen-bond donors (Lipinski definition) is 0. The number of rotatable bonds is 3. The van der Waals surface area contributed by atoms with E-state index >= 15 is 0 Å². The molecule has 0 atom stereocenters. The van der Waals surface area contributed by atoms with Crippen molar-refractivity contribution in [3.05, 3.63) is 54.7 Å². The standard InChI is InChI=1S/C14H17N2/c1-3-16(13-9-5-4-6-10-13)14-11-7-8-12-15(14)2/h4-12H,3H2,1-2H3/q+1. The van der Waals surface area contributed by atoms with E-state index in [1.54, 1.807) is 0 Å². The van der Waals surface area contributed by atoms with Gasteiger partial charge in [0.25, 0.3) is 5.82 Å². The van der Waals surface area contributed by atoms with Crippen molar-refractivity contribution in [2.75, 3.05) is 11.4 Å². The van der Waals surface area contributed by atoms with Crippen LogP contribution in [0, 0.1) is 0 Å². The Hall–Kier alpha value is -1.83. The van der Waals surface area contributed by atoms with Gasteiger partial charge >= 0.3 is 0 Å². The van der Waals surface area contributed by atoms with Crippen LogP contribution in [0.25, 0.3) is 0 Å². The van der Waals surface area contributed by atoms with Crippen LogP contribution in [0.2, 0.25) is 0 Å². The zero-order chi connectivity index (χ0) is 11.4. The predicted molar refractivity (Wildman–Crippen MR) is 66.7 cm³/mol. The second-order valence-corrected chi connectivity index (χ2v) is 3.75. The molecule has 0 radical (unpaired) electrons. The molecular weight excluding hydrogens is 196 g/mol. The van der Waals surface area contributed by atoms with E-state index in [0.717, 1.165) is 6.54 Å². The largest absolute Gasteiger partial charge is 0.281 e. The summed E-state index contributed by atoms with van der Waals surface area (Å²) >= 11 is 0. The SMILES string of the molecule is CCN(c1ccccc1)c1cccc[n+]1C. The van der Waals surface area contributed by atoms with Crippen molar-refractivity contribution < 1.29 is 4.57 Å². The first-order valence-electron chi connectivity index (χ1n) is 5.60. The maximum absolute atomic E-state index is 2.29. The minimum Gasteiger partial charge on any atom is -0.237 e. The van der Waals surface area contributed by atoms with Crippen molar-refractivity contribution in [1.82, 2.24) is 0 Å². The van der Waals surface area contributed by atoms with Crippen molar-refractivity contribution in [1.29, 1.82) is 0 Å². The number of aryl methyl sites for hydroxylation is 1. The Morgan fingerprint density at radius 2 is 1.69 bits per heavy atom. The van der Waals surface area contributed by atoms with Gasteiger partial charge in [-0.1, -0.05) is 24.3 Å². The van der Waals surface area contributed by atoms with E-state index in [-0.39, 0.29) is 0 Å². The Morgan fingerprint density at radius 1 is 1.00 bits per heavy atom. The van der Waals surface area contributed by atoms with Crippen molar-refractivity contribution in [2.45, 2.75) is 6.92 Å². The number of aromatic nitrogens is 1. The summed E-state index contributed by atoms with van der Waals surface area (Å²) in [5, 5.41) is 0. The van der Waals surface area contributed by atoms with Crippen molar-refractivity contribution >= 4 is 11.5 Å². The minimum atomic E-state index is 0.960. The summed E-state index contributed by atoms with van der Waals surface area (Å²) in [6, 6.07) is 16.7. The molecule has 0 aliphatic heterocycles. The van der Waals surface area contributed by atoms with E-state index in [9.17, 15) is 0 Å². The van der Waals surface area contributed by atoms with Crippen molar-refractivity contribution in [2.24, 2.45) is 7.05 Å². The molecule has 0 unspecified atom stereocenters. The van der Waals surface area contributed by atoms with Crippen LogP contribution in [0.15, 0.2) is 54.7 Å². The Labute approximate surface area is 96.8 Å². The van der Waals surface area contributed by atoms with Gasteiger partial charge in [0.15, 0.2) is 0 Å². The summed E-state index contributed by atoms with van der Waals surface area (Å²) in [5.74, 6) is 1.20. The van der Waals surface area contributed by atoms with Crippen LogP contribution >= 0.6 is 0 Å². The lowest BCUT2D eigenvalue weighted by atomic mass is 10.3. The summed E-state index contributed by atoms with van der Waals surface area (Å²) in [5.41, 5.74) is 1.23. The number of benzene rings is 1. The summed E-state index contributed by atoms with van der Waals surface area (Å²) in [6.07, 6.45) is 2.07. The molecule has 0 saturated carbocycles. The highest BCUT2D eigenvalue weighted by molar-refractivity contribution is 5.57. The molecule has 2 nitrogen and oxygen atoms in total. The minimum absolute atomic E-state index is 0.960. The average molecular weight is 213 g/mol. The van der Waals surface area contributed by atoms with Gasteiger partial charge in [0.1, 0.15) is 5.69 Å². The molecule has 2 aromatic rings. The van der Waals surface area contributed by atoms with E-state index < -0.39 is 0 Å². The van der Waals surface area contributed by atoms with Crippen LogP contribution < -0.4 is 9.47 Å². The fourth-order valence-electron chi connectivity index (χ4n) is 1.88. The number of para-hydroxylation sites is 1. The highest BCUT2D eigenvalue weighted by Gasteiger charge is 2.16. The fraction of sp³-hybridized carbons (Fsp3) is 0.214. The van der Waals surface area contributed by atoms with Gasteiger partial charge in [-0.3, -0.25) is 0 Å². The maximum atomic E-state index is 2.29. The lowest BCUT2D eigenvalue weighted by Gasteiger charge is -2.16. The van der Waals surface area contributed by atoms with Gasteiger partial charge in [-0.2, -0.15) is 0 Å². The summed E-state index contributed by atoms with van der Waals surface area (Å²) in [7, 11) is 2.07. The van der Waals surface area contributed by atoms with Crippen LogP contribution in [-0.2, 0) is 7.05 Å². The molecule has 0 aliphatic carbocycles. The van der Waals surface area contributed by atoms with E-state index in [1.165, 1.54) is 11.5 Å². The van der Waals surface area contributed by atoms with E-state index in [2.05, 4.69) is 66.0 Å². The van der Waals surface area contributed by atoms with Crippen LogP contribution in [0.5, 0.6) is 0 Å². The van der Waals surface area contributed by atoms with Gasteiger partial charge < -0.3 is 0 Å². The average Bonchev–Trinajstić information content (AvgIpc) is 2.34. The van der Waals surface area contributed by atoms with Crippen LogP contribution in [0.4, 0.5) is 11.5 Å². The monoisotopic (exact) mass is 213 g/mol. The third-order valence-corrected chi connectivity index (χ3v) is 2.69. The van der Waals surface area contributed by atoms with Crippen LogP contribution in [0.1, 0.15) is 6.92 Å². The smallest absolute Gasteiger partial charge is 0.237 e. The Bertz CT molecular complexity index is 451. The Balaban J connectivity index is 2.41. The topological polar surface area (TPSA) is 7.12 Å². The van der Waals surface area contributed by atoms with Gasteiger partial charge in [0.2, 0.25) is 0 Å². The lowest BCUT2D eigenvalue weighted by molar-refractivity contribution is -0.658. The molecule has 2 heteroatoms. The molecule has 0 aliphatic rings. The van der Waals surface area contributed by atoms with Crippen molar-refractivity contribution in [3.8, 4) is 0 Å².